The summed E-state index contributed by atoms with van der Waals surface area (Å²) in [4.78, 5) is 12.1. The van der Waals surface area contributed by atoms with Gasteiger partial charge >= 0.3 is 0 Å². The Kier molecular flexibility index (Phi) is 5.11. The Balaban J connectivity index is 1.28. The first-order chi connectivity index (χ1) is 16.1. The van der Waals surface area contributed by atoms with Gasteiger partial charge in [0.05, 0.1) is 28.4 Å². The van der Waals surface area contributed by atoms with E-state index in [1.807, 2.05) is 31.5 Å². The normalized spacial score (nSPS) is 18.2. The molecule has 33 heavy (non-hydrogen) atoms. The fourth-order valence-electron chi connectivity index (χ4n) is 5.56. The second kappa shape index (κ2) is 8.15. The van der Waals surface area contributed by atoms with E-state index in [0.717, 1.165) is 54.5 Å². The maximum Gasteiger partial charge on any atom is 0.141 e. The Morgan fingerprint density at radius 1 is 1.06 bits per heavy atom. The summed E-state index contributed by atoms with van der Waals surface area (Å²) in [7, 11) is 2.13. The molecule has 0 radical (unpaired) electrons. The minimum Gasteiger partial charge on any atom is -0.330 e. The molecule has 1 aliphatic carbocycles. The summed E-state index contributed by atoms with van der Waals surface area (Å²) in [6.07, 6.45) is 8.45. The van der Waals surface area contributed by atoms with Crippen LogP contribution in [-0.4, -0.2) is 36.6 Å². The third kappa shape index (κ3) is 3.60. The highest BCUT2D eigenvalue weighted by molar-refractivity contribution is 6.33. The summed E-state index contributed by atoms with van der Waals surface area (Å²) in [6, 6.07) is 15.2. The van der Waals surface area contributed by atoms with Gasteiger partial charge in [-0.25, -0.2) is 9.97 Å². The minimum absolute atomic E-state index is 0.537. The zero-order chi connectivity index (χ0) is 22.5. The number of hydrogen-bond acceptors (Lipinski definition) is 3. The van der Waals surface area contributed by atoms with Crippen molar-refractivity contribution < 1.29 is 0 Å². The Bertz CT molecular complexity index is 1330. The first-order valence-electron chi connectivity index (χ1n) is 11.7. The molecule has 5 nitrogen and oxygen atoms in total. The molecule has 168 valence electrons. The number of fused-ring (bicyclic) bond motifs is 2. The van der Waals surface area contributed by atoms with Crippen LogP contribution in [0.3, 0.4) is 0 Å². The minimum atomic E-state index is 0.537. The summed E-state index contributed by atoms with van der Waals surface area (Å²) >= 11 is 6.49. The Morgan fingerprint density at radius 2 is 1.94 bits per heavy atom. The molecule has 1 aliphatic heterocycles. The molecule has 0 bridgehead atoms. The van der Waals surface area contributed by atoms with Crippen molar-refractivity contribution in [3.05, 3.63) is 88.2 Å². The van der Waals surface area contributed by atoms with Gasteiger partial charge in [0.15, 0.2) is 0 Å². The number of imidazole rings is 2. The number of aromatic nitrogens is 4. The highest BCUT2D eigenvalue weighted by Crippen LogP contribution is 2.34. The molecule has 2 aromatic carbocycles. The van der Waals surface area contributed by atoms with Crippen LogP contribution in [0.5, 0.6) is 0 Å². The second-order valence-corrected chi connectivity index (χ2v) is 9.73. The third-order valence-electron chi connectivity index (χ3n) is 7.34. The van der Waals surface area contributed by atoms with Gasteiger partial charge in [0.1, 0.15) is 5.82 Å². The van der Waals surface area contributed by atoms with Crippen molar-refractivity contribution in [1.82, 2.24) is 24.0 Å². The molecule has 0 N–H and O–H groups in total. The number of nitrogens with zero attached hydrogens (tertiary/aromatic N) is 5. The lowest BCUT2D eigenvalue weighted by Crippen LogP contribution is -2.43. The van der Waals surface area contributed by atoms with Crippen LogP contribution in [0.1, 0.15) is 34.6 Å². The maximum absolute atomic E-state index is 6.49. The molecule has 2 aromatic heterocycles. The Hall–Kier alpha value is -2.89. The Morgan fingerprint density at radius 3 is 2.76 bits per heavy atom. The second-order valence-electron chi connectivity index (χ2n) is 9.32. The lowest BCUT2D eigenvalue weighted by Gasteiger charge is -2.38. The van der Waals surface area contributed by atoms with Crippen molar-refractivity contribution in [3.63, 3.8) is 0 Å². The predicted octanol–water partition coefficient (Wildman–Crippen LogP) is 5.15. The van der Waals surface area contributed by atoms with Crippen LogP contribution in [0.25, 0.3) is 17.1 Å². The van der Waals surface area contributed by atoms with E-state index in [2.05, 4.69) is 56.5 Å². The summed E-state index contributed by atoms with van der Waals surface area (Å²) in [5.41, 5.74) is 8.82. The summed E-state index contributed by atoms with van der Waals surface area (Å²) < 4.78 is 4.43. The van der Waals surface area contributed by atoms with E-state index in [9.17, 15) is 0 Å². The lowest BCUT2D eigenvalue weighted by atomic mass is 9.85. The van der Waals surface area contributed by atoms with E-state index < -0.39 is 0 Å². The van der Waals surface area contributed by atoms with E-state index in [1.165, 1.54) is 34.6 Å². The van der Waals surface area contributed by atoms with Crippen LogP contribution in [0.2, 0.25) is 5.02 Å². The molecule has 0 saturated carbocycles. The zero-order valence-electron chi connectivity index (χ0n) is 19.1. The van der Waals surface area contributed by atoms with Crippen molar-refractivity contribution in [3.8, 4) is 17.1 Å². The first-order valence-corrected chi connectivity index (χ1v) is 12.1. The van der Waals surface area contributed by atoms with E-state index in [1.54, 1.807) is 0 Å². The average molecular weight is 458 g/mol. The van der Waals surface area contributed by atoms with E-state index in [4.69, 9.17) is 16.6 Å². The van der Waals surface area contributed by atoms with Crippen molar-refractivity contribution in [2.24, 2.45) is 7.05 Å². The smallest absolute Gasteiger partial charge is 0.141 e. The third-order valence-corrected chi connectivity index (χ3v) is 7.67. The molecular weight excluding hydrogens is 430 g/mol. The largest absolute Gasteiger partial charge is 0.330 e. The molecule has 4 aromatic rings. The molecule has 3 heterocycles. The lowest BCUT2D eigenvalue weighted by molar-refractivity contribution is 0.158. The molecular formula is C27H28ClN5. The van der Waals surface area contributed by atoms with Crippen molar-refractivity contribution in [1.29, 1.82) is 0 Å². The molecule has 1 unspecified atom stereocenters. The highest BCUT2D eigenvalue weighted by atomic mass is 35.5. The van der Waals surface area contributed by atoms with Crippen molar-refractivity contribution in [2.75, 3.05) is 6.54 Å². The standard InChI is InChI=1S/C27H28ClN5/c1-18-15-33(17-29-18)25-9-5-6-19-10-11-20(14-22(19)25)32-13-12-24-26(16-32)31(2)27(30-24)21-7-3-4-8-23(21)28/h3-9,15,17,20H,10-14,16H2,1-2H3. The molecule has 6 heteroatoms. The maximum atomic E-state index is 6.49. The van der Waals surface area contributed by atoms with Crippen LogP contribution in [0.4, 0.5) is 0 Å². The monoisotopic (exact) mass is 457 g/mol. The summed E-state index contributed by atoms with van der Waals surface area (Å²) in [6.45, 7) is 4.04. The van der Waals surface area contributed by atoms with Gasteiger partial charge in [-0.05, 0) is 55.5 Å². The zero-order valence-corrected chi connectivity index (χ0v) is 19.9. The van der Waals surface area contributed by atoms with Gasteiger partial charge in [-0.3, -0.25) is 4.90 Å². The topological polar surface area (TPSA) is 38.9 Å². The van der Waals surface area contributed by atoms with Crippen LogP contribution < -0.4 is 0 Å². The number of aryl methyl sites for hydroxylation is 2. The van der Waals surface area contributed by atoms with Gasteiger partial charge in [0, 0.05) is 50.0 Å². The predicted molar refractivity (Wildman–Crippen MR) is 132 cm³/mol. The van der Waals surface area contributed by atoms with Crippen LogP contribution in [0, 0.1) is 6.92 Å². The van der Waals surface area contributed by atoms with E-state index >= 15 is 0 Å². The number of halogens is 1. The molecule has 6 rings (SSSR count). The quantitative estimate of drug-likeness (QED) is 0.427. The molecule has 0 spiro atoms. The van der Waals surface area contributed by atoms with Gasteiger partial charge in [0.2, 0.25) is 0 Å². The van der Waals surface area contributed by atoms with Gasteiger partial charge < -0.3 is 9.13 Å². The first kappa shape index (κ1) is 20.7. The molecule has 1 atom stereocenters. The number of benzene rings is 2. The molecule has 0 saturated heterocycles. The number of hydrogen-bond donors (Lipinski definition) is 0. The van der Waals surface area contributed by atoms with Crippen molar-refractivity contribution in [2.45, 2.75) is 45.2 Å². The highest BCUT2D eigenvalue weighted by Gasteiger charge is 2.31. The van der Waals surface area contributed by atoms with Gasteiger partial charge in [-0.2, -0.15) is 0 Å². The Labute approximate surface area is 199 Å². The SMILES string of the molecule is Cc1cn(-c2cccc3c2CC(N2CCc4nc(-c5ccccc5Cl)n(C)c4C2)CC3)cn1. The van der Waals surface area contributed by atoms with Gasteiger partial charge in [-0.15, -0.1) is 0 Å². The van der Waals surface area contributed by atoms with E-state index in [0.29, 0.717) is 6.04 Å². The van der Waals surface area contributed by atoms with Crippen LogP contribution in [-0.2, 0) is 32.9 Å². The fourth-order valence-corrected chi connectivity index (χ4v) is 5.78. The van der Waals surface area contributed by atoms with Gasteiger partial charge in [-0.1, -0.05) is 35.9 Å². The van der Waals surface area contributed by atoms with E-state index in [-0.39, 0.29) is 0 Å². The average Bonchev–Trinajstić information content (AvgIpc) is 3.41. The van der Waals surface area contributed by atoms with Crippen molar-refractivity contribution >= 4 is 11.6 Å². The van der Waals surface area contributed by atoms with Crippen LogP contribution in [0.15, 0.2) is 55.0 Å². The summed E-state index contributed by atoms with van der Waals surface area (Å²) in [5, 5.41) is 0.756. The molecule has 0 fully saturated rings. The molecule has 2 aliphatic rings. The summed E-state index contributed by atoms with van der Waals surface area (Å²) in [5.74, 6) is 0.971. The fraction of sp³-hybridized carbons (Fsp3) is 0.333. The van der Waals surface area contributed by atoms with Gasteiger partial charge in [0.25, 0.3) is 0 Å². The van der Waals surface area contributed by atoms with Crippen LogP contribution >= 0.6 is 11.6 Å². The molecule has 0 amide bonds. The number of rotatable bonds is 3.